The van der Waals surface area contributed by atoms with Gasteiger partial charge < -0.3 is 25.4 Å². The lowest BCUT2D eigenvalue weighted by molar-refractivity contribution is -0.146. The second-order valence-corrected chi connectivity index (χ2v) is 8.83. The standard InChI is InChI=1S/C20H33N3O6/c1-20(2,3)29-19(27)23-14(10-12-6-5-7-12)17(25)22-15(18(26)28-4)11-13-8-9-21-16(13)24/h12-15H,5-11H2,1-4H3,(H,21,24)(H,22,25)(H,23,27)/t13-,14-,15-/m0/s1. The molecule has 9 heteroatoms. The Morgan fingerprint density at radius 2 is 1.79 bits per heavy atom. The second kappa shape index (κ2) is 9.93. The van der Waals surface area contributed by atoms with Crippen LogP contribution in [0, 0.1) is 11.8 Å². The highest BCUT2D eigenvalue weighted by Gasteiger charge is 2.35. The number of rotatable bonds is 8. The zero-order valence-corrected chi connectivity index (χ0v) is 17.7. The fourth-order valence-corrected chi connectivity index (χ4v) is 3.53. The molecular weight excluding hydrogens is 378 g/mol. The van der Waals surface area contributed by atoms with Gasteiger partial charge in [0.05, 0.1) is 7.11 Å². The van der Waals surface area contributed by atoms with E-state index in [9.17, 15) is 19.2 Å². The monoisotopic (exact) mass is 411 g/mol. The molecule has 3 N–H and O–H groups in total. The maximum Gasteiger partial charge on any atom is 0.408 e. The van der Waals surface area contributed by atoms with Crippen molar-refractivity contribution in [2.45, 2.75) is 77.0 Å². The Balaban J connectivity index is 2.04. The van der Waals surface area contributed by atoms with E-state index in [1.165, 1.54) is 7.11 Å². The molecule has 0 aromatic heterocycles. The first-order valence-corrected chi connectivity index (χ1v) is 10.2. The van der Waals surface area contributed by atoms with Gasteiger partial charge in [-0.15, -0.1) is 0 Å². The van der Waals surface area contributed by atoms with Gasteiger partial charge in [0.2, 0.25) is 11.8 Å². The molecule has 9 nitrogen and oxygen atoms in total. The largest absolute Gasteiger partial charge is 0.467 e. The summed E-state index contributed by atoms with van der Waals surface area (Å²) in [4.78, 5) is 49.2. The molecule has 2 fully saturated rings. The number of hydrogen-bond donors (Lipinski definition) is 3. The Kier molecular flexibility index (Phi) is 7.87. The van der Waals surface area contributed by atoms with Crippen LogP contribution < -0.4 is 16.0 Å². The van der Waals surface area contributed by atoms with Gasteiger partial charge in [-0.05, 0) is 46.0 Å². The number of hydrogen-bond acceptors (Lipinski definition) is 6. The van der Waals surface area contributed by atoms with E-state index in [1.807, 2.05) is 0 Å². The third-order valence-electron chi connectivity index (χ3n) is 5.29. The van der Waals surface area contributed by atoms with Crippen LogP contribution in [-0.4, -0.2) is 55.2 Å². The fourth-order valence-electron chi connectivity index (χ4n) is 3.53. The molecule has 3 amide bonds. The van der Waals surface area contributed by atoms with Crippen LogP contribution in [-0.2, 0) is 23.9 Å². The van der Waals surface area contributed by atoms with Crippen molar-refractivity contribution in [1.82, 2.24) is 16.0 Å². The molecule has 0 spiro atoms. The van der Waals surface area contributed by atoms with E-state index in [1.54, 1.807) is 20.8 Å². The summed E-state index contributed by atoms with van der Waals surface area (Å²) >= 11 is 0. The Bertz CT molecular complexity index is 626. The number of esters is 1. The summed E-state index contributed by atoms with van der Waals surface area (Å²) in [6.07, 6.45) is 3.67. The smallest absolute Gasteiger partial charge is 0.408 e. The highest BCUT2D eigenvalue weighted by molar-refractivity contribution is 5.90. The minimum Gasteiger partial charge on any atom is -0.467 e. The first-order valence-electron chi connectivity index (χ1n) is 10.2. The first kappa shape index (κ1) is 23.0. The zero-order chi connectivity index (χ0) is 21.6. The van der Waals surface area contributed by atoms with Crippen LogP contribution in [0.15, 0.2) is 0 Å². The van der Waals surface area contributed by atoms with Crippen molar-refractivity contribution in [2.24, 2.45) is 11.8 Å². The summed E-state index contributed by atoms with van der Waals surface area (Å²) in [5.41, 5.74) is -0.689. The molecule has 3 atom stereocenters. The highest BCUT2D eigenvalue weighted by atomic mass is 16.6. The molecule has 1 aliphatic carbocycles. The van der Waals surface area contributed by atoms with Crippen molar-refractivity contribution in [2.75, 3.05) is 13.7 Å². The van der Waals surface area contributed by atoms with Crippen molar-refractivity contribution < 1.29 is 28.7 Å². The van der Waals surface area contributed by atoms with Gasteiger partial charge >= 0.3 is 12.1 Å². The van der Waals surface area contributed by atoms with E-state index >= 15 is 0 Å². The maximum absolute atomic E-state index is 12.9. The zero-order valence-electron chi connectivity index (χ0n) is 17.7. The topological polar surface area (TPSA) is 123 Å². The summed E-state index contributed by atoms with van der Waals surface area (Å²) in [7, 11) is 1.24. The lowest BCUT2D eigenvalue weighted by atomic mass is 9.80. The normalized spacial score (nSPS) is 21.4. The van der Waals surface area contributed by atoms with Gasteiger partial charge in [0.25, 0.3) is 0 Å². The van der Waals surface area contributed by atoms with E-state index in [0.29, 0.717) is 25.3 Å². The number of ether oxygens (including phenoxy) is 2. The number of carbonyl (C=O) groups excluding carboxylic acids is 4. The summed E-state index contributed by atoms with van der Waals surface area (Å²) in [6, 6.07) is -1.77. The van der Waals surface area contributed by atoms with Gasteiger partial charge in [-0.1, -0.05) is 19.3 Å². The predicted octanol–water partition coefficient (Wildman–Crippen LogP) is 1.25. The van der Waals surface area contributed by atoms with Crippen LogP contribution in [0.2, 0.25) is 0 Å². The van der Waals surface area contributed by atoms with Crippen LogP contribution in [0.3, 0.4) is 0 Å². The molecule has 164 valence electrons. The summed E-state index contributed by atoms with van der Waals surface area (Å²) in [5.74, 6) is -1.23. The average molecular weight is 411 g/mol. The number of nitrogens with one attached hydrogen (secondary N) is 3. The Morgan fingerprint density at radius 3 is 2.28 bits per heavy atom. The summed E-state index contributed by atoms with van der Waals surface area (Å²) in [6.45, 7) is 5.78. The Hall–Kier alpha value is -2.32. The third kappa shape index (κ3) is 7.21. The minimum atomic E-state index is -0.953. The molecule has 0 unspecified atom stereocenters. The van der Waals surface area contributed by atoms with Crippen LogP contribution in [0.25, 0.3) is 0 Å². The lowest BCUT2D eigenvalue weighted by Crippen LogP contribution is -2.53. The first-order chi connectivity index (χ1) is 13.6. The molecule has 1 aliphatic heterocycles. The third-order valence-corrected chi connectivity index (χ3v) is 5.29. The van der Waals surface area contributed by atoms with Gasteiger partial charge in [0.15, 0.2) is 0 Å². The van der Waals surface area contributed by atoms with Crippen LogP contribution in [0.5, 0.6) is 0 Å². The maximum atomic E-state index is 12.9. The van der Waals surface area contributed by atoms with Crippen molar-refractivity contribution in [3.05, 3.63) is 0 Å². The molecule has 1 saturated carbocycles. The molecule has 0 aromatic carbocycles. The van der Waals surface area contributed by atoms with Gasteiger partial charge in [-0.3, -0.25) is 9.59 Å². The Morgan fingerprint density at radius 1 is 1.10 bits per heavy atom. The second-order valence-electron chi connectivity index (χ2n) is 8.83. The number of amides is 3. The van der Waals surface area contributed by atoms with E-state index in [2.05, 4.69) is 16.0 Å². The summed E-state index contributed by atoms with van der Waals surface area (Å²) < 4.78 is 10.1. The van der Waals surface area contributed by atoms with E-state index in [-0.39, 0.29) is 18.2 Å². The van der Waals surface area contributed by atoms with Crippen LogP contribution in [0.4, 0.5) is 4.79 Å². The molecule has 2 rings (SSSR count). The molecule has 0 radical (unpaired) electrons. The van der Waals surface area contributed by atoms with Crippen LogP contribution >= 0.6 is 0 Å². The average Bonchev–Trinajstić information content (AvgIpc) is 2.98. The van der Waals surface area contributed by atoms with Crippen molar-refractivity contribution in [1.29, 1.82) is 0 Å². The van der Waals surface area contributed by atoms with Gasteiger partial charge in [-0.25, -0.2) is 9.59 Å². The molecule has 0 bridgehead atoms. The van der Waals surface area contributed by atoms with Gasteiger partial charge in [0.1, 0.15) is 17.7 Å². The van der Waals surface area contributed by atoms with Crippen LogP contribution in [0.1, 0.15) is 59.3 Å². The lowest BCUT2D eigenvalue weighted by Gasteiger charge is -2.31. The quantitative estimate of drug-likeness (QED) is 0.517. The van der Waals surface area contributed by atoms with Crippen molar-refractivity contribution in [3.8, 4) is 0 Å². The van der Waals surface area contributed by atoms with E-state index in [0.717, 1.165) is 19.3 Å². The fraction of sp³-hybridized carbons (Fsp3) is 0.800. The van der Waals surface area contributed by atoms with Crippen molar-refractivity contribution in [3.63, 3.8) is 0 Å². The van der Waals surface area contributed by atoms with Crippen molar-refractivity contribution >= 4 is 23.9 Å². The number of methoxy groups -OCH3 is 1. The molecule has 1 heterocycles. The molecular formula is C20H33N3O6. The van der Waals surface area contributed by atoms with E-state index < -0.39 is 35.7 Å². The predicted molar refractivity (Wildman–Crippen MR) is 105 cm³/mol. The summed E-state index contributed by atoms with van der Waals surface area (Å²) in [5, 5.41) is 8.03. The Labute approximate surface area is 171 Å². The number of alkyl carbamates (subject to hydrolysis) is 1. The highest BCUT2D eigenvalue weighted by Crippen LogP contribution is 2.30. The number of carbonyl (C=O) groups is 4. The SMILES string of the molecule is COC(=O)[C@H](C[C@@H]1CCNC1=O)NC(=O)[C@H](CC1CCC1)NC(=O)OC(C)(C)C. The molecule has 29 heavy (non-hydrogen) atoms. The molecule has 1 saturated heterocycles. The molecule has 2 aliphatic rings. The van der Waals surface area contributed by atoms with Gasteiger partial charge in [-0.2, -0.15) is 0 Å². The minimum absolute atomic E-state index is 0.133. The molecule has 0 aromatic rings. The van der Waals surface area contributed by atoms with Gasteiger partial charge in [0, 0.05) is 12.5 Å². The van der Waals surface area contributed by atoms with E-state index in [4.69, 9.17) is 9.47 Å².